The van der Waals surface area contributed by atoms with Crippen LogP contribution < -0.4 is 10.2 Å². The Bertz CT molecular complexity index is 1160. The largest absolute Gasteiger partial charge is 0.494 e. The molecule has 0 bridgehead atoms. The van der Waals surface area contributed by atoms with E-state index in [-0.39, 0.29) is 5.91 Å². The maximum atomic E-state index is 12.3. The summed E-state index contributed by atoms with van der Waals surface area (Å²) in [5, 5.41) is 11.0. The number of rotatable bonds is 7. The van der Waals surface area contributed by atoms with Gasteiger partial charge in [0, 0.05) is 5.56 Å². The molecule has 1 aromatic heterocycles. The van der Waals surface area contributed by atoms with Crippen LogP contribution in [0.25, 0.3) is 22.4 Å². The summed E-state index contributed by atoms with van der Waals surface area (Å²) in [6.45, 7) is 2.55. The van der Waals surface area contributed by atoms with Gasteiger partial charge in [-0.05, 0) is 53.9 Å². The Balaban J connectivity index is 1.38. The summed E-state index contributed by atoms with van der Waals surface area (Å²) in [4.78, 5) is 12.3. The maximum absolute atomic E-state index is 12.3. The SMILES string of the molecule is CCOc1ccc(C=NNC(=O)c2cc(-c3ccc(-c4ccccc4)cc3)n[nH]2)cc1. The Morgan fingerprint density at radius 3 is 2.35 bits per heavy atom. The Hall–Kier alpha value is -4.19. The van der Waals surface area contributed by atoms with Crippen molar-refractivity contribution in [2.45, 2.75) is 6.92 Å². The first kappa shape index (κ1) is 20.1. The number of carbonyl (C=O) groups excluding carboxylic acids is 1. The van der Waals surface area contributed by atoms with Crippen molar-refractivity contribution in [3.8, 4) is 28.1 Å². The summed E-state index contributed by atoms with van der Waals surface area (Å²) in [7, 11) is 0. The number of carbonyl (C=O) groups is 1. The molecule has 4 rings (SSSR count). The van der Waals surface area contributed by atoms with E-state index >= 15 is 0 Å². The van der Waals surface area contributed by atoms with Gasteiger partial charge in [0.25, 0.3) is 5.91 Å². The molecule has 0 fully saturated rings. The monoisotopic (exact) mass is 410 g/mol. The Morgan fingerprint density at radius 1 is 0.968 bits per heavy atom. The average Bonchev–Trinajstić information content (AvgIpc) is 3.32. The minimum absolute atomic E-state index is 0.339. The number of hydrazone groups is 1. The number of aromatic amines is 1. The minimum atomic E-state index is -0.359. The second-order valence-electron chi connectivity index (χ2n) is 6.81. The van der Waals surface area contributed by atoms with E-state index in [0.717, 1.165) is 28.0 Å². The van der Waals surface area contributed by atoms with Crippen LogP contribution in [0.3, 0.4) is 0 Å². The van der Waals surface area contributed by atoms with Crippen LogP contribution in [0.5, 0.6) is 5.75 Å². The van der Waals surface area contributed by atoms with Crippen LogP contribution in [0.1, 0.15) is 23.0 Å². The van der Waals surface area contributed by atoms with Gasteiger partial charge in [-0.2, -0.15) is 10.2 Å². The third-order valence-corrected chi connectivity index (χ3v) is 4.68. The van der Waals surface area contributed by atoms with Gasteiger partial charge in [-0.25, -0.2) is 5.43 Å². The molecule has 0 aliphatic carbocycles. The van der Waals surface area contributed by atoms with Crippen LogP contribution in [0.2, 0.25) is 0 Å². The van der Waals surface area contributed by atoms with Gasteiger partial charge in [0.2, 0.25) is 0 Å². The fourth-order valence-corrected chi connectivity index (χ4v) is 3.09. The highest BCUT2D eigenvalue weighted by molar-refractivity contribution is 5.94. The fourth-order valence-electron chi connectivity index (χ4n) is 3.09. The van der Waals surface area contributed by atoms with Gasteiger partial charge in [-0.1, -0.05) is 54.6 Å². The first-order valence-electron chi connectivity index (χ1n) is 10.0. The normalized spacial score (nSPS) is 10.9. The molecular weight excluding hydrogens is 388 g/mol. The molecule has 1 amide bonds. The van der Waals surface area contributed by atoms with Crippen LogP contribution in [-0.4, -0.2) is 28.9 Å². The molecule has 6 heteroatoms. The van der Waals surface area contributed by atoms with Crippen LogP contribution in [-0.2, 0) is 0 Å². The van der Waals surface area contributed by atoms with E-state index in [2.05, 4.69) is 32.9 Å². The van der Waals surface area contributed by atoms with Gasteiger partial charge in [0.15, 0.2) is 0 Å². The van der Waals surface area contributed by atoms with E-state index in [1.807, 2.05) is 73.7 Å². The highest BCUT2D eigenvalue weighted by Gasteiger charge is 2.10. The third kappa shape index (κ3) is 5.05. The van der Waals surface area contributed by atoms with Crippen molar-refractivity contribution < 1.29 is 9.53 Å². The third-order valence-electron chi connectivity index (χ3n) is 4.68. The van der Waals surface area contributed by atoms with Gasteiger partial charge in [-0.15, -0.1) is 0 Å². The molecule has 0 spiro atoms. The molecule has 0 unspecified atom stereocenters. The summed E-state index contributed by atoms with van der Waals surface area (Å²) in [5.74, 6) is 0.437. The van der Waals surface area contributed by atoms with E-state index in [4.69, 9.17) is 4.74 Å². The van der Waals surface area contributed by atoms with Crippen molar-refractivity contribution in [3.63, 3.8) is 0 Å². The zero-order valence-corrected chi connectivity index (χ0v) is 17.1. The lowest BCUT2D eigenvalue weighted by molar-refractivity contribution is 0.0950. The van der Waals surface area contributed by atoms with E-state index in [1.54, 1.807) is 12.3 Å². The van der Waals surface area contributed by atoms with Crippen molar-refractivity contribution in [1.82, 2.24) is 15.6 Å². The van der Waals surface area contributed by atoms with Gasteiger partial charge >= 0.3 is 0 Å². The van der Waals surface area contributed by atoms with Gasteiger partial charge < -0.3 is 4.74 Å². The first-order chi connectivity index (χ1) is 15.2. The molecule has 0 aliphatic rings. The molecule has 0 aliphatic heterocycles. The van der Waals surface area contributed by atoms with Crippen molar-refractivity contribution in [2.24, 2.45) is 5.10 Å². The van der Waals surface area contributed by atoms with Crippen LogP contribution in [0.4, 0.5) is 0 Å². The molecule has 0 radical (unpaired) electrons. The number of amides is 1. The van der Waals surface area contributed by atoms with E-state index in [0.29, 0.717) is 18.0 Å². The molecule has 1 heterocycles. The molecule has 0 saturated carbocycles. The molecule has 0 atom stereocenters. The fraction of sp³-hybridized carbons (Fsp3) is 0.0800. The standard InChI is InChI=1S/C25H22N4O2/c1-2-31-22-14-8-18(9-15-22)17-26-29-25(30)24-16-23(27-28-24)21-12-10-20(11-13-21)19-6-4-3-5-7-19/h3-17H,2H2,1H3,(H,27,28)(H,29,30). The summed E-state index contributed by atoms with van der Waals surface area (Å²) < 4.78 is 5.40. The summed E-state index contributed by atoms with van der Waals surface area (Å²) >= 11 is 0. The molecule has 154 valence electrons. The Morgan fingerprint density at radius 2 is 1.65 bits per heavy atom. The summed E-state index contributed by atoms with van der Waals surface area (Å²) in [6, 6.07) is 27.4. The number of hydrogen-bond donors (Lipinski definition) is 2. The van der Waals surface area contributed by atoms with Gasteiger partial charge in [0.05, 0.1) is 18.5 Å². The van der Waals surface area contributed by atoms with Crippen LogP contribution >= 0.6 is 0 Å². The van der Waals surface area contributed by atoms with E-state index in [9.17, 15) is 4.79 Å². The quantitative estimate of drug-likeness (QED) is 0.336. The number of nitrogens with zero attached hydrogens (tertiary/aromatic N) is 2. The first-order valence-corrected chi connectivity index (χ1v) is 10.0. The molecular formula is C25H22N4O2. The predicted octanol–water partition coefficient (Wildman–Crippen LogP) is 4.91. The maximum Gasteiger partial charge on any atom is 0.289 e. The number of nitrogens with one attached hydrogen (secondary N) is 2. The highest BCUT2D eigenvalue weighted by atomic mass is 16.5. The van der Waals surface area contributed by atoms with Crippen molar-refractivity contribution >= 4 is 12.1 Å². The number of ether oxygens (including phenoxy) is 1. The Labute approximate surface area is 180 Å². The smallest absolute Gasteiger partial charge is 0.289 e. The lowest BCUT2D eigenvalue weighted by Crippen LogP contribution is -2.17. The van der Waals surface area contributed by atoms with Crippen molar-refractivity contribution in [1.29, 1.82) is 0 Å². The van der Waals surface area contributed by atoms with Gasteiger partial charge in [-0.3, -0.25) is 9.89 Å². The van der Waals surface area contributed by atoms with Crippen molar-refractivity contribution in [2.75, 3.05) is 6.61 Å². The zero-order valence-electron chi connectivity index (χ0n) is 17.1. The van der Waals surface area contributed by atoms with Gasteiger partial charge in [0.1, 0.15) is 11.4 Å². The van der Waals surface area contributed by atoms with E-state index in [1.165, 1.54) is 0 Å². The number of hydrogen-bond acceptors (Lipinski definition) is 4. The molecule has 4 aromatic rings. The molecule has 2 N–H and O–H groups in total. The zero-order chi connectivity index (χ0) is 21.5. The number of H-pyrrole nitrogens is 1. The second-order valence-corrected chi connectivity index (χ2v) is 6.81. The van der Waals surface area contributed by atoms with Crippen molar-refractivity contribution in [3.05, 3.63) is 96.2 Å². The predicted molar refractivity (Wildman–Crippen MR) is 122 cm³/mol. The minimum Gasteiger partial charge on any atom is -0.494 e. The Kier molecular flexibility index (Phi) is 6.18. The number of aromatic nitrogens is 2. The summed E-state index contributed by atoms with van der Waals surface area (Å²) in [6.07, 6.45) is 1.58. The number of benzene rings is 3. The molecule has 31 heavy (non-hydrogen) atoms. The molecule has 6 nitrogen and oxygen atoms in total. The molecule has 0 saturated heterocycles. The lowest BCUT2D eigenvalue weighted by atomic mass is 10.0. The topological polar surface area (TPSA) is 79.4 Å². The molecule has 3 aromatic carbocycles. The lowest BCUT2D eigenvalue weighted by Gasteiger charge is -2.02. The van der Waals surface area contributed by atoms with E-state index < -0.39 is 0 Å². The average molecular weight is 410 g/mol. The second kappa shape index (κ2) is 9.54. The highest BCUT2D eigenvalue weighted by Crippen LogP contribution is 2.24. The summed E-state index contributed by atoms with van der Waals surface area (Å²) in [5.41, 5.74) is 7.60. The van der Waals surface area contributed by atoms with Crippen LogP contribution in [0.15, 0.2) is 90.0 Å². The van der Waals surface area contributed by atoms with Crippen LogP contribution in [0, 0.1) is 0 Å².